The monoisotopic (exact) mass is 369 g/mol. The first kappa shape index (κ1) is 18.5. The second-order valence-corrected chi connectivity index (χ2v) is 5.34. The maximum atomic E-state index is 12.9. The Morgan fingerprint density at radius 2 is 1.80 bits per heavy atom. The molecule has 0 spiro atoms. The number of hydrogen-bond donors (Lipinski definition) is 2. The molecule has 0 heterocycles. The summed E-state index contributed by atoms with van der Waals surface area (Å²) in [6, 6.07) is 8.61. The van der Waals surface area contributed by atoms with Gasteiger partial charge in [0.05, 0.1) is 16.8 Å². The number of halogens is 4. The largest absolute Gasteiger partial charge is 0.478 e. The third kappa shape index (κ3) is 4.84. The molecular formula is C17H11ClF3NO3. The van der Waals surface area contributed by atoms with E-state index in [4.69, 9.17) is 16.7 Å². The van der Waals surface area contributed by atoms with Crippen molar-refractivity contribution < 1.29 is 27.9 Å². The van der Waals surface area contributed by atoms with Crippen molar-refractivity contribution in [2.24, 2.45) is 0 Å². The number of carboxylic acids is 1. The topological polar surface area (TPSA) is 66.4 Å². The average molecular weight is 370 g/mol. The first-order chi connectivity index (χ1) is 11.7. The van der Waals surface area contributed by atoms with Crippen LogP contribution in [0.4, 0.5) is 18.9 Å². The summed E-state index contributed by atoms with van der Waals surface area (Å²) in [4.78, 5) is 23.0. The van der Waals surface area contributed by atoms with Crippen LogP contribution >= 0.6 is 11.6 Å². The Kier molecular flexibility index (Phi) is 5.48. The fraction of sp³-hybridized carbons (Fsp3) is 0.0588. The summed E-state index contributed by atoms with van der Waals surface area (Å²) >= 11 is 5.70. The number of alkyl halides is 3. The number of nitrogens with one attached hydrogen (secondary N) is 1. The van der Waals surface area contributed by atoms with E-state index in [1.807, 2.05) is 0 Å². The molecule has 0 saturated carbocycles. The number of rotatable bonds is 4. The number of benzene rings is 2. The van der Waals surface area contributed by atoms with Gasteiger partial charge in [0, 0.05) is 11.1 Å². The fourth-order valence-electron chi connectivity index (χ4n) is 2.04. The zero-order valence-corrected chi connectivity index (χ0v) is 13.2. The summed E-state index contributed by atoms with van der Waals surface area (Å²) in [6.45, 7) is 0. The van der Waals surface area contributed by atoms with Crippen LogP contribution in [0.3, 0.4) is 0 Å². The van der Waals surface area contributed by atoms with E-state index in [9.17, 15) is 22.8 Å². The molecule has 0 bridgehead atoms. The predicted molar refractivity (Wildman–Crippen MR) is 87.5 cm³/mol. The molecule has 2 rings (SSSR count). The number of carbonyl (C=O) groups is 2. The van der Waals surface area contributed by atoms with Crippen molar-refractivity contribution in [1.82, 2.24) is 0 Å². The molecule has 0 radical (unpaired) electrons. The summed E-state index contributed by atoms with van der Waals surface area (Å²) < 4.78 is 38.7. The highest BCUT2D eigenvalue weighted by atomic mass is 35.5. The molecule has 0 fully saturated rings. The molecular weight excluding hydrogens is 359 g/mol. The van der Waals surface area contributed by atoms with Gasteiger partial charge in [-0.05, 0) is 35.9 Å². The zero-order valence-electron chi connectivity index (χ0n) is 12.5. The summed E-state index contributed by atoms with van der Waals surface area (Å²) in [5, 5.41) is 11.6. The van der Waals surface area contributed by atoms with Crippen LogP contribution in [0.5, 0.6) is 0 Å². The van der Waals surface area contributed by atoms with Crippen molar-refractivity contribution in [3.05, 3.63) is 70.3 Å². The van der Waals surface area contributed by atoms with Gasteiger partial charge in [-0.3, -0.25) is 4.79 Å². The molecule has 2 aromatic carbocycles. The number of hydrogen-bond acceptors (Lipinski definition) is 2. The lowest BCUT2D eigenvalue weighted by Gasteiger charge is -2.10. The molecule has 8 heteroatoms. The molecule has 25 heavy (non-hydrogen) atoms. The second kappa shape index (κ2) is 7.40. The van der Waals surface area contributed by atoms with Crippen LogP contribution in [0, 0.1) is 0 Å². The lowest BCUT2D eigenvalue weighted by Crippen LogP contribution is -2.12. The van der Waals surface area contributed by atoms with Gasteiger partial charge in [0.15, 0.2) is 0 Å². The molecule has 0 aliphatic carbocycles. The smallest absolute Gasteiger partial charge is 0.416 e. The Morgan fingerprint density at radius 3 is 2.44 bits per heavy atom. The van der Waals surface area contributed by atoms with E-state index in [2.05, 4.69) is 5.32 Å². The highest BCUT2D eigenvalue weighted by molar-refractivity contribution is 6.31. The predicted octanol–water partition coefficient (Wildman–Crippen LogP) is 4.71. The minimum atomic E-state index is -4.55. The Bertz CT molecular complexity index is 847. The molecule has 0 aliphatic heterocycles. The molecule has 0 unspecified atom stereocenters. The summed E-state index contributed by atoms with van der Waals surface area (Å²) in [7, 11) is 0. The minimum absolute atomic E-state index is 0.0179. The van der Waals surface area contributed by atoms with Crippen LogP contribution in [0.25, 0.3) is 6.08 Å². The van der Waals surface area contributed by atoms with Crippen molar-refractivity contribution in [3.8, 4) is 0 Å². The van der Waals surface area contributed by atoms with Crippen molar-refractivity contribution >= 4 is 35.2 Å². The third-order valence-electron chi connectivity index (χ3n) is 3.15. The second-order valence-electron chi connectivity index (χ2n) is 4.90. The Morgan fingerprint density at radius 1 is 1.12 bits per heavy atom. The maximum absolute atomic E-state index is 12.9. The SMILES string of the molecule is O=C(/C=C/c1ccccc1C(F)(F)F)Nc1ccc(Cl)cc1C(=O)O. The molecule has 130 valence electrons. The number of carbonyl (C=O) groups excluding carboxylic acids is 1. The lowest BCUT2D eigenvalue weighted by molar-refractivity contribution is -0.137. The molecule has 0 aromatic heterocycles. The summed E-state index contributed by atoms with van der Waals surface area (Å²) in [6.07, 6.45) is -2.65. The van der Waals surface area contributed by atoms with Crippen LogP contribution in [-0.4, -0.2) is 17.0 Å². The summed E-state index contributed by atoms with van der Waals surface area (Å²) in [5.74, 6) is -2.08. The van der Waals surface area contributed by atoms with Crippen LogP contribution in [-0.2, 0) is 11.0 Å². The van der Waals surface area contributed by atoms with Crippen LogP contribution in [0.15, 0.2) is 48.5 Å². The van der Waals surface area contributed by atoms with Gasteiger partial charge >= 0.3 is 12.1 Å². The van der Waals surface area contributed by atoms with Gasteiger partial charge in [-0.15, -0.1) is 0 Å². The molecule has 0 aliphatic rings. The van der Waals surface area contributed by atoms with E-state index in [1.165, 1.54) is 30.3 Å². The minimum Gasteiger partial charge on any atom is -0.478 e. The van der Waals surface area contributed by atoms with Crippen molar-refractivity contribution in [2.75, 3.05) is 5.32 Å². The maximum Gasteiger partial charge on any atom is 0.416 e. The van der Waals surface area contributed by atoms with Gasteiger partial charge in [-0.1, -0.05) is 29.8 Å². The standard InChI is InChI=1S/C17H11ClF3NO3/c18-11-6-7-14(12(9-11)16(24)25)22-15(23)8-5-10-3-1-2-4-13(10)17(19,20)21/h1-9H,(H,22,23)(H,24,25)/b8-5+. The average Bonchev–Trinajstić information content (AvgIpc) is 2.54. The van der Waals surface area contributed by atoms with E-state index in [0.29, 0.717) is 0 Å². The third-order valence-corrected chi connectivity index (χ3v) is 3.39. The van der Waals surface area contributed by atoms with Crippen LogP contribution < -0.4 is 5.32 Å². The van der Waals surface area contributed by atoms with Crippen molar-refractivity contribution in [2.45, 2.75) is 6.18 Å². The lowest BCUT2D eigenvalue weighted by atomic mass is 10.1. The number of aromatic carboxylic acids is 1. The van der Waals surface area contributed by atoms with E-state index < -0.39 is 23.6 Å². The number of amides is 1. The Hall–Kier alpha value is -2.80. The van der Waals surface area contributed by atoms with Gasteiger partial charge in [0.1, 0.15) is 0 Å². The van der Waals surface area contributed by atoms with Crippen LogP contribution in [0.1, 0.15) is 21.5 Å². The fourth-order valence-corrected chi connectivity index (χ4v) is 2.21. The van der Waals surface area contributed by atoms with Gasteiger partial charge in [0.25, 0.3) is 0 Å². The quantitative estimate of drug-likeness (QED) is 0.767. The Labute approximate surface area is 145 Å². The van der Waals surface area contributed by atoms with Gasteiger partial charge in [-0.25, -0.2) is 4.79 Å². The highest BCUT2D eigenvalue weighted by Crippen LogP contribution is 2.32. The highest BCUT2D eigenvalue weighted by Gasteiger charge is 2.32. The van der Waals surface area contributed by atoms with E-state index in [-0.39, 0.29) is 21.8 Å². The zero-order chi connectivity index (χ0) is 18.6. The normalized spacial score (nSPS) is 11.5. The van der Waals surface area contributed by atoms with E-state index in [0.717, 1.165) is 24.3 Å². The molecule has 1 amide bonds. The summed E-state index contributed by atoms with van der Waals surface area (Å²) in [5.41, 5.74) is -1.31. The molecule has 2 N–H and O–H groups in total. The Balaban J connectivity index is 2.22. The van der Waals surface area contributed by atoms with E-state index in [1.54, 1.807) is 0 Å². The van der Waals surface area contributed by atoms with Gasteiger partial charge in [0.2, 0.25) is 5.91 Å². The molecule has 4 nitrogen and oxygen atoms in total. The first-order valence-corrected chi connectivity index (χ1v) is 7.24. The molecule has 2 aromatic rings. The van der Waals surface area contributed by atoms with Gasteiger partial charge in [-0.2, -0.15) is 13.2 Å². The van der Waals surface area contributed by atoms with Gasteiger partial charge < -0.3 is 10.4 Å². The number of carboxylic acid groups (broad SMARTS) is 1. The molecule has 0 saturated heterocycles. The van der Waals surface area contributed by atoms with E-state index >= 15 is 0 Å². The molecule has 0 atom stereocenters. The number of anilines is 1. The first-order valence-electron chi connectivity index (χ1n) is 6.86. The van der Waals surface area contributed by atoms with Crippen LogP contribution in [0.2, 0.25) is 5.02 Å². The van der Waals surface area contributed by atoms with Crippen molar-refractivity contribution in [1.29, 1.82) is 0 Å². The van der Waals surface area contributed by atoms with Crippen molar-refractivity contribution in [3.63, 3.8) is 0 Å².